The molecule has 37 heavy (non-hydrogen) atoms. The minimum atomic E-state index is -0.882. The average molecular weight is 533 g/mol. The second kappa shape index (κ2) is 10.4. The van der Waals surface area contributed by atoms with Crippen LogP contribution in [0.5, 0.6) is 5.75 Å². The number of hydrogen-bond donors (Lipinski definition) is 1. The molecule has 5 rings (SSSR count). The molecule has 0 saturated carbocycles. The number of aryl methyl sites for hydroxylation is 1. The number of rotatable bonds is 7. The van der Waals surface area contributed by atoms with Gasteiger partial charge in [-0.05, 0) is 72.5 Å². The Morgan fingerprint density at radius 2 is 1.86 bits per heavy atom. The van der Waals surface area contributed by atoms with E-state index >= 15 is 0 Å². The summed E-state index contributed by atoms with van der Waals surface area (Å²) in [5.74, 6) is -1.16. The van der Waals surface area contributed by atoms with Crippen molar-refractivity contribution in [2.75, 3.05) is 11.5 Å². The SMILES string of the molecule is CCCOc1cccc([C@H]2/C(=C(\O)c3ccc(Cl)cc3)C(=O)C(=O)N2c2nc3ccc(CC)cc3s2)c1. The summed E-state index contributed by atoms with van der Waals surface area (Å²) in [6.45, 7) is 4.63. The number of aliphatic hydroxyl groups is 1. The zero-order valence-corrected chi connectivity index (χ0v) is 22.0. The Bertz CT molecular complexity index is 1530. The number of halogens is 1. The monoisotopic (exact) mass is 532 g/mol. The van der Waals surface area contributed by atoms with Crippen LogP contribution in [0.4, 0.5) is 5.13 Å². The van der Waals surface area contributed by atoms with E-state index in [1.165, 1.54) is 16.2 Å². The lowest BCUT2D eigenvalue weighted by Gasteiger charge is -2.23. The summed E-state index contributed by atoms with van der Waals surface area (Å²) in [5, 5.41) is 12.2. The maximum atomic E-state index is 13.5. The van der Waals surface area contributed by atoms with E-state index in [9.17, 15) is 14.7 Å². The van der Waals surface area contributed by atoms with Gasteiger partial charge in [0.05, 0.1) is 28.4 Å². The molecule has 4 aromatic rings. The predicted octanol–water partition coefficient (Wildman–Crippen LogP) is 6.93. The van der Waals surface area contributed by atoms with Gasteiger partial charge in [0.1, 0.15) is 11.5 Å². The molecule has 0 aliphatic carbocycles. The number of fused-ring (bicyclic) bond motifs is 1. The van der Waals surface area contributed by atoms with Crippen molar-refractivity contribution >= 4 is 55.7 Å². The predicted molar refractivity (Wildman–Crippen MR) is 147 cm³/mol. The Kier molecular flexibility index (Phi) is 7.00. The maximum absolute atomic E-state index is 13.5. The van der Waals surface area contributed by atoms with Crippen molar-refractivity contribution in [3.63, 3.8) is 0 Å². The highest BCUT2D eigenvalue weighted by Crippen LogP contribution is 2.45. The molecular weight excluding hydrogens is 508 g/mol. The lowest BCUT2D eigenvalue weighted by atomic mass is 9.95. The third-order valence-electron chi connectivity index (χ3n) is 6.26. The van der Waals surface area contributed by atoms with Gasteiger partial charge in [-0.2, -0.15) is 0 Å². The number of ether oxygens (including phenoxy) is 1. The number of aromatic nitrogens is 1. The van der Waals surface area contributed by atoms with Gasteiger partial charge in [-0.15, -0.1) is 0 Å². The highest BCUT2D eigenvalue weighted by molar-refractivity contribution is 7.22. The number of nitrogens with zero attached hydrogens (tertiary/aromatic N) is 2. The highest BCUT2D eigenvalue weighted by atomic mass is 35.5. The molecule has 1 N–H and O–H groups in total. The van der Waals surface area contributed by atoms with E-state index in [0.717, 1.165) is 28.6 Å². The molecule has 0 radical (unpaired) electrons. The first kappa shape index (κ1) is 25.0. The number of carbonyl (C=O) groups is 2. The number of amides is 1. The number of anilines is 1. The molecule has 1 aliphatic rings. The molecule has 1 fully saturated rings. The number of thiazole rings is 1. The van der Waals surface area contributed by atoms with E-state index in [-0.39, 0.29) is 11.3 Å². The lowest BCUT2D eigenvalue weighted by Crippen LogP contribution is -2.29. The summed E-state index contributed by atoms with van der Waals surface area (Å²) >= 11 is 7.37. The second-order valence-corrected chi connectivity index (χ2v) is 10.2. The molecule has 1 atom stereocenters. The van der Waals surface area contributed by atoms with E-state index in [1.807, 2.05) is 37.3 Å². The van der Waals surface area contributed by atoms with Crippen molar-refractivity contribution in [1.82, 2.24) is 4.98 Å². The van der Waals surface area contributed by atoms with Crippen LogP contribution in [0.3, 0.4) is 0 Å². The van der Waals surface area contributed by atoms with Crippen molar-refractivity contribution in [2.24, 2.45) is 0 Å². The van der Waals surface area contributed by atoms with Crippen LogP contribution < -0.4 is 9.64 Å². The molecule has 1 aromatic heterocycles. The average Bonchev–Trinajstić information content (AvgIpc) is 3.45. The van der Waals surface area contributed by atoms with Gasteiger partial charge in [0.25, 0.3) is 5.78 Å². The molecule has 0 unspecified atom stereocenters. The van der Waals surface area contributed by atoms with Crippen LogP contribution in [0.25, 0.3) is 16.0 Å². The first-order chi connectivity index (χ1) is 17.9. The van der Waals surface area contributed by atoms with Crippen LogP contribution in [0.2, 0.25) is 5.02 Å². The lowest BCUT2D eigenvalue weighted by molar-refractivity contribution is -0.132. The fourth-order valence-electron chi connectivity index (χ4n) is 4.38. The minimum absolute atomic E-state index is 0.00605. The molecule has 0 bridgehead atoms. The van der Waals surface area contributed by atoms with Gasteiger partial charge in [0.15, 0.2) is 5.13 Å². The normalized spacial score (nSPS) is 17.1. The molecule has 0 spiro atoms. The Morgan fingerprint density at radius 1 is 1.08 bits per heavy atom. The smallest absolute Gasteiger partial charge is 0.301 e. The van der Waals surface area contributed by atoms with E-state index in [0.29, 0.717) is 33.6 Å². The van der Waals surface area contributed by atoms with Gasteiger partial charge >= 0.3 is 5.91 Å². The Morgan fingerprint density at radius 3 is 2.59 bits per heavy atom. The number of hydrogen-bond acceptors (Lipinski definition) is 6. The van der Waals surface area contributed by atoms with Crippen molar-refractivity contribution in [3.05, 3.63) is 94.0 Å². The summed E-state index contributed by atoms with van der Waals surface area (Å²) in [7, 11) is 0. The second-order valence-electron chi connectivity index (χ2n) is 8.75. The molecular formula is C29H25ClN2O4S. The van der Waals surface area contributed by atoms with Crippen LogP contribution >= 0.6 is 22.9 Å². The number of carbonyl (C=O) groups excluding carboxylic acids is 2. The van der Waals surface area contributed by atoms with Crippen molar-refractivity contribution in [2.45, 2.75) is 32.7 Å². The van der Waals surface area contributed by atoms with Gasteiger partial charge in [-0.1, -0.05) is 55.0 Å². The first-order valence-corrected chi connectivity index (χ1v) is 13.3. The summed E-state index contributed by atoms with van der Waals surface area (Å²) in [6.07, 6.45) is 1.71. The molecule has 188 valence electrons. The largest absolute Gasteiger partial charge is 0.507 e. The highest BCUT2D eigenvalue weighted by Gasteiger charge is 2.48. The van der Waals surface area contributed by atoms with Gasteiger partial charge in [0.2, 0.25) is 0 Å². The van der Waals surface area contributed by atoms with Crippen LogP contribution in [0.15, 0.2) is 72.3 Å². The Balaban J connectivity index is 1.69. The molecule has 1 saturated heterocycles. The Hall–Kier alpha value is -3.68. The molecule has 1 aliphatic heterocycles. The van der Waals surface area contributed by atoms with Crippen LogP contribution in [-0.2, 0) is 16.0 Å². The number of ketones is 1. The number of aliphatic hydroxyl groups excluding tert-OH is 1. The van der Waals surface area contributed by atoms with Crippen LogP contribution in [0, 0.1) is 0 Å². The summed E-state index contributed by atoms with van der Waals surface area (Å²) in [6, 6.07) is 18.8. The van der Waals surface area contributed by atoms with E-state index in [4.69, 9.17) is 21.3 Å². The molecule has 6 nitrogen and oxygen atoms in total. The summed E-state index contributed by atoms with van der Waals surface area (Å²) in [4.78, 5) is 33.0. The standard InChI is InChI=1S/C29H25ClN2O4S/c1-3-14-36-21-7-5-6-19(16-21)25-24(26(33)18-9-11-20(30)12-10-18)27(34)28(35)32(25)29-31-22-13-8-17(4-2)15-23(22)37-29/h5-13,15-16,25,33H,3-4,14H2,1-2H3/b26-24+/t25-/m0/s1. The number of benzene rings is 3. The Labute approximate surface area is 223 Å². The van der Waals surface area contributed by atoms with Gasteiger partial charge in [-0.25, -0.2) is 4.98 Å². The quantitative estimate of drug-likeness (QED) is 0.159. The minimum Gasteiger partial charge on any atom is -0.507 e. The third kappa shape index (κ3) is 4.72. The van der Waals surface area contributed by atoms with E-state index in [2.05, 4.69) is 13.0 Å². The van der Waals surface area contributed by atoms with Gasteiger partial charge < -0.3 is 9.84 Å². The van der Waals surface area contributed by atoms with E-state index < -0.39 is 17.7 Å². The first-order valence-electron chi connectivity index (χ1n) is 12.1. The molecule has 8 heteroatoms. The molecule has 3 aromatic carbocycles. The molecule has 1 amide bonds. The fraction of sp³-hybridized carbons (Fsp3) is 0.207. The van der Waals surface area contributed by atoms with Crippen LogP contribution in [0.1, 0.15) is 43.0 Å². The molecule has 2 heterocycles. The zero-order valence-electron chi connectivity index (χ0n) is 20.4. The van der Waals surface area contributed by atoms with Crippen molar-refractivity contribution in [1.29, 1.82) is 0 Å². The third-order valence-corrected chi connectivity index (χ3v) is 7.53. The topological polar surface area (TPSA) is 79.7 Å². The van der Waals surface area contributed by atoms with Crippen LogP contribution in [-0.4, -0.2) is 28.4 Å². The number of Topliss-reactive ketones (excluding diaryl/α,β-unsaturated/α-hetero) is 1. The van der Waals surface area contributed by atoms with Gasteiger partial charge in [-0.3, -0.25) is 14.5 Å². The van der Waals surface area contributed by atoms with Crippen molar-refractivity contribution < 1.29 is 19.4 Å². The van der Waals surface area contributed by atoms with Crippen molar-refractivity contribution in [3.8, 4) is 5.75 Å². The maximum Gasteiger partial charge on any atom is 0.301 e. The fourth-order valence-corrected chi connectivity index (χ4v) is 5.56. The van der Waals surface area contributed by atoms with E-state index in [1.54, 1.807) is 30.3 Å². The van der Waals surface area contributed by atoms with Gasteiger partial charge in [0, 0.05) is 10.6 Å². The summed E-state index contributed by atoms with van der Waals surface area (Å²) < 4.78 is 6.75. The zero-order chi connectivity index (χ0) is 26.1. The summed E-state index contributed by atoms with van der Waals surface area (Å²) in [5.41, 5.74) is 2.92.